The summed E-state index contributed by atoms with van der Waals surface area (Å²) in [5.41, 5.74) is 0. The Balaban J connectivity index is 2.30. The standard InChI is InChI=1S/C7H11NS2/c1-3-6(2)10-7-8-4-5-9-7/h3,6H,1,4-5H2,2H3. The van der Waals surface area contributed by atoms with Crippen LogP contribution in [0.4, 0.5) is 0 Å². The van der Waals surface area contributed by atoms with Gasteiger partial charge in [-0.3, -0.25) is 4.99 Å². The second-order valence-electron chi connectivity index (χ2n) is 2.05. The summed E-state index contributed by atoms with van der Waals surface area (Å²) in [5.74, 6) is 1.16. The molecular formula is C7H11NS2. The molecule has 1 unspecified atom stereocenters. The van der Waals surface area contributed by atoms with Crippen molar-refractivity contribution in [2.45, 2.75) is 12.2 Å². The third kappa shape index (κ3) is 2.39. The molecule has 0 amide bonds. The van der Waals surface area contributed by atoms with Crippen LogP contribution in [0.3, 0.4) is 0 Å². The number of thioether (sulfide) groups is 2. The molecule has 0 N–H and O–H groups in total. The summed E-state index contributed by atoms with van der Waals surface area (Å²) in [7, 11) is 0. The summed E-state index contributed by atoms with van der Waals surface area (Å²) in [4.78, 5) is 4.32. The molecule has 0 bridgehead atoms. The van der Waals surface area contributed by atoms with Gasteiger partial charge >= 0.3 is 0 Å². The average Bonchev–Trinajstić information content (AvgIpc) is 2.40. The Hall–Kier alpha value is 0.110. The van der Waals surface area contributed by atoms with Gasteiger partial charge in [-0.15, -0.1) is 6.58 Å². The summed E-state index contributed by atoms with van der Waals surface area (Å²) < 4.78 is 1.23. The van der Waals surface area contributed by atoms with E-state index in [0.29, 0.717) is 5.25 Å². The van der Waals surface area contributed by atoms with E-state index >= 15 is 0 Å². The smallest absolute Gasteiger partial charge is 0.125 e. The second kappa shape index (κ2) is 4.09. The van der Waals surface area contributed by atoms with Crippen LogP contribution in [0.15, 0.2) is 17.6 Å². The van der Waals surface area contributed by atoms with Crippen molar-refractivity contribution in [3.8, 4) is 0 Å². The fraction of sp³-hybridized carbons (Fsp3) is 0.571. The Morgan fingerprint density at radius 1 is 1.90 bits per heavy atom. The molecule has 0 aromatic rings. The molecule has 0 saturated carbocycles. The lowest BCUT2D eigenvalue weighted by Gasteiger charge is -2.02. The molecule has 1 heterocycles. The van der Waals surface area contributed by atoms with Crippen molar-refractivity contribution in [3.05, 3.63) is 12.7 Å². The molecule has 0 fully saturated rings. The highest BCUT2D eigenvalue weighted by atomic mass is 32.2. The maximum absolute atomic E-state index is 4.32. The first-order valence-electron chi connectivity index (χ1n) is 3.29. The van der Waals surface area contributed by atoms with E-state index in [9.17, 15) is 0 Å². The first-order valence-corrected chi connectivity index (χ1v) is 5.16. The molecule has 0 aliphatic carbocycles. The maximum atomic E-state index is 4.32. The predicted molar refractivity (Wildman–Crippen MR) is 52.0 cm³/mol. The van der Waals surface area contributed by atoms with Crippen LogP contribution in [-0.4, -0.2) is 21.9 Å². The molecule has 1 rings (SSSR count). The molecule has 0 spiro atoms. The van der Waals surface area contributed by atoms with Crippen LogP contribution in [0.2, 0.25) is 0 Å². The number of hydrogen-bond donors (Lipinski definition) is 0. The van der Waals surface area contributed by atoms with Gasteiger partial charge in [-0.25, -0.2) is 0 Å². The summed E-state index contributed by atoms with van der Waals surface area (Å²) in [6.45, 7) is 6.85. The molecule has 1 aliphatic rings. The summed E-state index contributed by atoms with van der Waals surface area (Å²) in [6, 6.07) is 0. The van der Waals surface area contributed by atoms with Crippen molar-refractivity contribution in [2.24, 2.45) is 4.99 Å². The second-order valence-corrected chi connectivity index (χ2v) is 4.76. The number of hydrogen-bond acceptors (Lipinski definition) is 3. The lowest BCUT2D eigenvalue weighted by Crippen LogP contribution is -1.92. The zero-order chi connectivity index (χ0) is 7.40. The quantitative estimate of drug-likeness (QED) is 0.594. The minimum absolute atomic E-state index is 0.504. The predicted octanol–water partition coefficient (Wildman–Crippen LogP) is 2.40. The van der Waals surface area contributed by atoms with Gasteiger partial charge in [-0.2, -0.15) is 0 Å². The molecule has 0 saturated heterocycles. The van der Waals surface area contributed by atoms with Crippen molar-refractivity contribution in [1.82, 2.24) is 0 Å². The first-order chi connectivity index (χ1) is 4.83. The SMILES string of the molecule is C=CC(C)SC1=NCCS1. The van der Waals surface area contributed by atoms with E-state index < -0.39 is 0 Å². The molecular weight excluding hydrogens is 162 g/mol. The normalized spacial score (nSPS) is 20.3. The monoisotopic (exact) mass is 173 g/mol. The molecule has 0 radical (unpaired) electrons. The van der Waals surface area contributed by atoms with Gasteiger partial charge in [-0.1, -0.05) is 29.6 Å². The zero-order valence-corrected chi connectivity index (χ0v) is 7.67. The summed E-state index contributed by atoms with van der Waals surface area (Å²) in [5, 5.41) is 0.504. The van der Waals surface area contributed by atoms with E-state index in [4.69, 9.17) is 0 Å². The molecule has 1 nitrogen and oxygen atoms in total. The number of nitrogens with zero attached hydrogens (tertiary/aromatic N) is 1. The lowest BCUT2D eigenvalue weighted by atomic mass is 10.5. The topological polar surface area (TPSA) is 12.4 Å². The highest BCUT2D eigenvalue weighted by Crippen LogP contribution is 2.25. The van der Waals surface area contributed by atoms with E-state index in [1.807, 2.05) is 17.8 Å². The van der Waals surface area contributed by atoms with Crippen LogP contribution >= 0.6 is 23.5 Å². The van der Waals surface area contributed by atoms with Crippen molar-refractivity contribution < 1.29 is 0 Å². The van der Waals surface area contributed by atoms with E-state index in [-0.39, 0.29) is 0 Å². The number of aliphatic imine (C=N–C) groups is 1. The van der Waals surface area contributed by atoms with E-state index in [0.717, 1.165) is 12.3 Å². The molecule has 1 aliphatic heterocycles. The van der Waals surface area contributed by atoms with Crippen LogP contribution in [0.25, 0.3) is 0 Å². The molecule has 0 aromatic carbocycles. The summed E-state index contributed by atoms with van der Waals surface area (Å²) >= 11 is 3.65. The van der Waals surface area contributed by atoms with Gasteiger partial charge in [0, 0.05) is 11.0 Å². The van der Waals surface area contributed by atoms with Crippen LogP contribution in [0.1, 0.15) is 6.92 Å². The zero-order valence-electron chi connectivity index (χ0n) is 6.04. The van der Waals surface area contributed by atoms with Crippen molar-refractivity contribution in [1.29, 1.82) is 0 Å². The highest BCUT2D eigenvalue weighted by Gasteiger charge is 2.09. The van der Waals surface area contributed by atoms with Crippen molar-refractivity contribution in [3.63, 3.8) is 0 Å². The van der Waals surface area contributed by atoms with E-state index in [1.165, 1.54) is 4.38 Å². The summed E-state index contributed by atoms with van der Waals surface area (Å²) in [6.07, 6.45) is 1.95. The van der Waals surface area contributed by atoms with Crippen LogP contribution in [0.5, 0.6) is 0 Å². The van der Waals surface area contributed by atoms with Gasteiger partial charge in [0.2, 0.25) is 0 Å². The third-order valence-electron chi connectivity index (χ3n) is 1.18. The average molecular weight is 173 g/mol. The third-order valence-corrected chi connectivity index (χ3v) is 3.48. The van der Waals surface area contributed by atoms with Gasteiger partial charge in [0.1, 0.15) is 4.38 Å². The largest absolute Gasteiger partial charge is 0.271 e. The highest BCUT2D eigenvalue weighted by molar-refractivity contribution is 8.39. The van der Waals surface area contributed by atoms with Crippen LogP contribution < -0.4 is 0 Å². The minimum Gasteiger partial charge on any atom is -0.271 e. The van der Waals surface area contributed by atoms with E-state index in [2.05, 4.69) is 18.5 Å². The Morgan fingerprint density at radius 2 is 2.70 bits per heavy atom. The van der Waals surface area contributed by atoms with Crippen molar-refractivity contribution in [2.75, 3.05) is 12.3 Å². The molecule has 0 aromatic heterocycles. The van der Waals surface area contributed by atoms with Gasteiger partial charge in [0.05, 0.1) is 6.54 Å². The van der Waals surface area contributed by atoms with Gasteiger partial charge in [0.15, 0.2) is 0 Å². The van der Waals surface area contributed by atoms with E-state index in [1.54, 1.807) is 11.8 Å². The van der Waals surface area contributed by atoms with Crippen LogP contribution in [-0.2, 0) is 0 Å². The van der Waals surface area contributed by atoms with Crippen LogP contribution in [0, 0.1) is 0 Å². The molecule has 10 heavy (non-hydrogen) atoms. The maximum Gasteiger partial charge on any atom is 0.125 e. The molecule has 56 valence electrons. The Labute approximate surface area is 70.4 Å². The van der Waals surface area contributed by atoms with Gasteiger partial charge < -0.3 is 0 Å². The lowest BCUT2D eigenvalue weighted by molar-refractivity contribution is 1.18. The van der Waals surface area contributed by atoms with Crippen molar-refractivity contribution >= 4 is 27.9 Å². The number of rotatable bonds is 2. The Bertz CT molecular complexity index is 154. The minimum atomic E-state index is 0.504. The Morgan fingerprint density at radius 3 is 3.20 bits per heavy atom. The van der Waals surface area contributed by atoms with Gasteiger partial charge in [-0.05, 0) is 6.92 Å². The first kappa shape index (κ1) is 8.21. The molecule has 1 atom stereocenters. The molecule has 3 heteroatoms. The fourth-order valence-corrected chi connectivity index (χ4v) is 2.69. The van der Waals surface area contributed by atoms with Gasteiger partial charge in [0.25, 0.3) is 0 Å². The fourth-order valence-electron chi connectivity index (χ4n) is 0.594. The Kier molecular flexibility index (Phi) is 3.35.